The first kappa shape index (κ1) is 26.3. The second-order valence-corrected chi connectivity index (χ2v) is 11.7. The minimum Gasteiger partial charge on any atom is -0.378 e. The molecule has 0 fully saturated rings. The molecular formula is C19H22N8O5S3. The summed E-state index contributed by atoms with van der Waals surface area (Å²) in [6.45, 7) is -0.195. The van der Waals surface area contributed by atoms with Crippen LogP contribution in [0.1, 0.15) is 6.42 Å². The van der Waals surface area contributed by atoms with Crippen LogP contribution in [0.2, 0.25) is 0 Å². The lowest BCUT2D eigenvalue weighted by Gasteiger charge is -2.11. The van der Waals surface area contributed by atoms with E-state index < -0.39 is 30.3 Å². The quantitative estimate of drug-likeness (QED) is 0.258. The summed E-state index contributed by atoms with van der Waals surface area (Å²) in [5.41, 5.74) is 2.15. The highest BCUT2D eigenvalue weighted by atomic mass is 32.2. The van der Waals surface area contributed by atoms with E-state index in [0.29, 0.717) is 22.7 Å². The van der Waals surface area contributed by atoms with Gasteiger partial charge in [0.15, 0.2) is 0 Å². The fraction of sp³-hybridized carbons (Fsp3) is 0.211. The lowest BCUT2D eigenvalue weighted by Crippen LogP contribution is -2.27. The van der Waals surface area contributed by atoms with E-state index in [-0.39, 0.29) is 23.0 Å². The number of aromatic nitrogens is 2. The van der Waals surface area contributed by atoms with Gasteiger partial charge in [0.25, 0.3) is 10.0 Å². The van der Waals surface area contributed by atoms with Crippen LogP contribution in [0.25, 0.3) is 0 Å². The maximum absolute atomic E-state index is 12.5. The zero-order valence-corrected chi connectivity index (χ0v) is 21.1. The number of benzene rings is 2. The Kier molecular flexibility index (Phi) is 8.23. The highest BCUT2D eigenvalue weighted by Gasteiger charge is 2.17. The normalized spacial score (nSPS) is 12.1. The van der Waals surface area contributed by atoms with Gasteiger partial charge in [0.1, 0.15) is 0 Å². The molecule has 1 aromatic heterocycles. The van der Waals surface area contributed by atoms with Crippen molar-refractivity contribution < 1.29 is 21.6 Å². The minimum absolute atomic E-state index is 0.00545. The first-order valence-corrected chi connectivity index (χ1v) is 13.7. The first-order chi connectivity index (χ1) is 16.4. The summed E-state index contributed by atoms with van der Waals surface area (Å²) in [4.78, 5) is 13.9. The molecule has 0 saturated heterocycles. The summed E-state index contributed by atoms with van der Waals surface area (Å²) in [6.07, 6.45) is -0.220. The number of nitrogens with one attached hydrogen (secondary N) is 2. The Balaban J connectivity index is 1.52. The number of amides is 1. The largest absolute Gasteiger partial charge is 0.378 e. The summed E-state index contributed by atoms with van der Waals surface area (Å²) in [5, 5.41) is 22.3. The third-order valence-electron chi connectivity index (χ3n) is 4.33. The summed E-state index contributed by atoms with van der Waals surface area (Å²) < 4.78 is 49.2. The van der Waals surface area contributed by atoms with Crippen molar-refractivity contribution >= 4 is 59.5 Å². The number of hydrogen-bond acceptors (Lipinski definition) is 11. The Labute approximate surface area is 206 Å². The van der Waals surface area contributed by atoms with Gasteiger partial charge in [0.2, 0.25) is 25.4 Å². The Bertz CT molecular complexity index is 1420. The van der Waals surface area contributed by atoms with Crippen LogP contribution in [-0.2, 0) is 24.8 Å². The summed E-state index contributed by atoms with van der Waals surface area (Å²) in [6, 6.07) is 13.2. The van der Waals surface area contributed by atoms with E-state index in [2.05, 4.69) is 30.5 Å². The number of hydrogen-bond donors (Lipinski definition) is 3. The molecule has 1 amide bonds. The summed E-state index contributed by atoms with van der Waals surface area (Å²) >= 11 is 0.585. The molecular weight excluding hydrogens is 516 g/mol. The number of anilines is 2. The van der Waals surface area contributed by atoms with Crippen molar-refractivity contribution in [2.24, 2.45) is 15.4 Å². The monoisotopic (exact) mass is 538 g/mol. The van der Waals surface area contributed by atoms with Gasteiger partial charge in [-0.1, -0.05) is 11.3 Å². The van der Waals surface area contributed by atoms with Crippen molar-refractivity contribution in [3.05, 3.63) is 48.5 Å². The fourth-order valence-electron chi connectivity index (χ4n) is 2.56. The Morgan fingerprint density at radius 3 is 2.06 bits per heavy atom. The number of sulfonamides is 2. The van der Waals surface area contributed by atoms with E-state index in [1.807, 2.05) is 43.3 Å². The molecule has 0 aliphatic heterocycles. The van der Waals surface area contributed by atoms with Gasteiger partial charge in [-0.05, 0) is 48.5 Å². The molecule has 4 N–H and O–H groups in total. The standard InChI is InChI=1S/C19H22N8O5S3/c1-27(2)15-7-3-13(4-8-15)23-24-14-5-9-16(10-6-14)35(31,32)21-12-11-17(28)22-18-25-26-19(33-18)34(20,29)30/h3-10,21H,11-12H2,1-2H3,(H2,20,29,30)(H,22,25,28). The van der Waals surface area contributed by atoms with Crippen molar-refractivity contribution in [3.8, 4) is 0 Å². The Morgan fingerprint density at radius 2 is 1.54 bits per heavy atom. The smallest absolute Gasteiger partial charge is 0.267 e. The van der Waals surface area contributed by atoms with Crippen molar-refractivity contribution in [2.45, 2.75) is 15.7 Å². The Morgan fingerprint density at radius 1 is 0.971 bits per heavy atom. The molecule has 0 radical (unpaired) electrons. The van der Waals surface area contributed by atoms with Crippen molar-refractivity contribution in [1.82, 2.24) is 14.9 Å². The molecule has 0 aliphatic rings. The van der Waals surface area contributed by atoms with Gasteiger partial charge in [-0.2, -0.15) is 10.2 Å². The van der Waals surface area contributed by atoms with Gasteiger partial charge in [0.05, 0.1) is 16.3 Å². The molecule has 3 aromatic rings. The third-order valence-corrected chi connectivity index (χ3v) is 7.96. The maximum atomic E-state index is 12.5. The summed E-state index contributed by atoms with van der Waals surface area (Å²) in [5.74, 6) is -0.584. The van der Waals surface area contributed by atoms with Gasteiger partial charge < -0.3 is 10.2 Å². The van der Waals surface area contributed by atoms with Crippen LogP contribution in [-0.4, -0.2) is 53.6 Å². The average molecular weight is 539 g/mol. The second kappa shape index (κ2) is 11.0. The van der Waals surface area contributed by atoms with Gasteiger partial charge in [-0.25, -0.2) is 26.7 Å². The molecule has 1 heterocycles. The number of azo groups is 1. The molecule has 35 heavy (non-hydrogen) atoms. The lowest BCUT2D eigenvalue weighted by molar-refractivity contribution is -0.116. The van der Waals surface area contributed by atoms with Gasteiger partial charge in [-0.15, -0.1) is 10.2 Å². The zero-order chi connectivity index (χ0) is 25.6. The zero-order valence-electron chi connectivity index (χ0n) is 18.6. The first-order valence-electron chi connectivity index (χ1n) is 9.89. The fourth-order valence-corrected chi connectivity index (χ4v) is 4.95. The van der Waals surface area contributed by atoms with Crippen molar-refractivity contribution in [3.63, 3.8) is 0 Å². The van der Waals surface area contributed by atoms with Crippen molar-refractivity contribution in [2.75, 3.05) is 30.9 Å². The van der Waals surface area contributed by atoms with E-state index in [1.165, 1.54) is 24.3 Å². The van der Waals surface area contributed by atoms with Crippen molar-refractivity contribution in [1.29, 1.82) is 0 Å². The molecule has 0 unspecified atom stereocenters. The lowest BCUT2D eigenvalue weighted by atomic mass is 10.3. The van der Waals surface area contributed by atoms with E-state index in [4.69, 9.17) is 5.14 Å². The molecule has 3 rings (SSSR count). The average Bonchev–Trinajstić information content (AvgIpc) is 3.27. The highest BCUT2D eigenvalue weighted by Crippen LogP contribution is 2.22. The minimum atomic E-state index is -4.02. The molecule has 0 saturated carbocycles. The number of rotatable bonds is 10. The predicted molar refractivity (Wildman–Crippen MR) is 131 cm³/mol. The summed E-state index contributed by atoms with van der Waals surface area (Å²) in [7, 11) is -4.02. The number of primary sulfonamides is 1. The maximum Gasteiger partial charge on any atom is 0.267 e. The third kappa shape index (κ3) is 7.59. The van der Waals surface area contributed by atoms with Crippen LogP contribution in [0, 0.1) is 0 Å². The van der Waals surface area contributed by atoms with Gasteiger partial charge in [-0.3, -0.25) is 4.79 Å². The second-order valence-electron chi connectivity index (χ2n) is 7.22. The van der Waals surface area contributed by atoms with Crippen LogP contribution >= 0.6 is 11.3 Å². The van der Waals surface area contributed by atoms with Crippen LogP contribution in [0.15, 0.2) is 68.0 Å². The SMILES string of the molecule is CN(C)c1ccc(N=Nc2ccc(S(=O)(=O)NCCC(=O)Nc3nnc(S(N)(=O)=O)s3)cc2)cc1. The van der Waals surface area contributed by atoms with Crippen LogP contribution in [0.3, 0.4) is 0 Å². The predicted octanol–water partition coefficient (Wildman–Crippen LogP) is 1.97. The molecule has 16 heteroatoms. The topological polar surface area (TPSA) is 189 Å². The molecule has 0 aliphatic carbocycles. The molecule has 13 nitrogen and oxygen atoms in total. The van der Waals surface area contributed by atoms with Crippen LogP contribution in [0.4, 0.5) is 22.2 Å². The highest BCUT2D eigenvalue weighted by molar-refractivity contribution is 7.91. The van der Waals surface area contributed by atoms with Gasteiger partial charge in [0, 0.05) is 32.7 Å². The molecule has 2 aromatic carbocycles. The molecule has 0 bridgehead atoms. The number of carbonyl (C=O) groups is 1. The number of carbonyl (C=O) groups excluding carboxylic acids is 1. The number of nitrogens with two attached hydrogens (primary N) is 1. The van der Waals surface area contributed by atoms with Crippen LogP contribution < -0.4 is 20.1 Å². The molecule has 0 atom stereocenters. The van der Waals surface area contributed by atoms with Gasteiger partial charge >= 0.3 is 0 Å². The van der Waals surface area contributed by atoms with E-state index in [9.17, 15) is 21.6 Å². The molecule has 186 valence electrons. The number of nitrogens with zero attached hydrogens (tertiary/aromatic N) is 5. The Hall–Kier alpha value is -3.31. The molecule has 0 spiro atoms. The van der Waals surface area contributed by atoms with E-state index in [0.717, 1.165) is 5.69 Å². The van der Waals surface area contributed by atoms with E-state index >= 15 is 0 Å². The van der Waals surface area contributed by atoms with Crippen LogP contribution in [0.5, 0.6) is 0 Å². The van der Waals surface area contributed by atoms with E-state index in [1.54, 1.807) is 0 Å².